The van der Waals surface area contributed by atoms with Gasteiger partial charge in [-0.1, -0.05) is 5.16 Å². The van der Waals surface area contributed by atoms with E-state index in [9.17, 15) is 0 Å². The summed E-state index contributed by atoms with van der Waals surface area (Å²) in [7, 11) is 1.90. The molecule has 3 rings (SSSR count). The van der Waals surface area contributed by atoms with E-state index in [1.54, 1.807) is 23.0 Å². The van der Waals surface area contributed by atoms with Crippen LogP contribution in [-0.4, -0.2) is 49.8 Å². The van der Waals surface area contributed by atoms with Crippen LogP contribution in [0.4, 0.5) is 0 Å². The van der Waals surface area contributed by atoms with Crippen LogP contribution in [0.1, 0.15) is 25.4 Å². The minimum Gasteiger partial charge on any atom is -0.477 e. The maximum absolute atomic E-state index is 5.38. The van der Waals surface area contributed by atoms with E-state index >= 15 is 0 Å². The van der Waals surface area contributed by atoms with E-state index < -0.39 is 0 Å². The summed E-state index contributed by atoms with van der Waals surface area (Å²) in [4.78, 5) is 4.45. The van der Waals surface area contributed by atoms with Crippen LogP contribution in [0.5, 0.6) is 5.88 Å². The number of nitrogens with zero attached hydrogens (tertiary/aromatic N) is 6. The second-order valence-electron chi connectivity index (χ2n) is 5.63. The predicted octanol–water partition coefficient (Wildman–Crippen LogP) is 1.99. The average Bonchev–Trinajstić information content (AvgIpc) is 3.22. The Kier molecular flexibility index (Phi) is 6.64. The Morgan fingerprint density at radius 1 is 1.31 bits per heavy atom. The standard InChI is InChI=1S/C16H21N7O2.ClH/c1-5-24-15-7-6-14(20-21-15)23-11(3)12(9-18-23)16-19-13(22-25-16)8-10(2)17-4;/h6-7,9-10,17H,5,8H2,1-4H3;1H. The molecule has 1 unspecified atom stereocenters. The summed E-state index contributed by atoms with van der Waals surface area (Å²) in [5, 5.41) is 19.7. The molecule has 26 heavy (non-hydrogen) atoms. The lowest BCUT2D eigenvalue weighted by molar-refractivity contribution is 0.322. The smallest absolute Gasteiger partial charge is 0.261 e. The van der Waals surface area contributed by atoms with E-state index in [0.29, 0.717) is 36.4 Å². The van der Waals surface area contributed by atoms with Crippen molar-refractivity contribution in [3.63, 3.8) is 0 Å². The summed E-state index contributed by atoms with van der Waals surface area (Å²) in [6.45, 7) is 6.42. The highest BCUT2D eigenvalue weighted by Crippen LogP contribution is 2.23. The van der Waals surface area contributed by atoms with E-state index in [1.165, 1.54) is 0 Å². The minimum atomic E-state index is 0. The zero-order chi connectivity index (χ0) is 17.8. The molecule has 9 nitrogen and oxygen atoms in total. The zero-order valence-electron chi connectivity index (χ0n) is 15.1. The zero-order valence-corrected chi connectivity index (χ0v) is 15.9. The van der Waals surface area contributed by atoms with Crippen molar-refractivity contribution >= 4 is 12.4 Å². The first kappa shape index (κ1) is 19.8. The molecule has 0 aliphatic carbocycles. The highest BCUT2D eigenvalue weighted by atomic mass is 35.5. The Morgan fingerprint density at radius 3 is 2.77 bits per heavy atom. The van der Waals surface area contributed by atoms with Crippen molar-refractivity contribution in [2.45, 2.75) is 33.2 Å². The molecule has 0 saturated carbocycles. The minimum absolute atomic E-state index is 0. The molecule has 0 radical (unpaired) electrons. The number of aromatic nitrogens is 6. The first-order valence-electron chi connectivity index (χ1n) is 8.14. The van der Waals surface area contributed by atoms with Crippen molar-refractivity contribution in [2.75, 3.05) is 13.7 Å². The summed E-state index contributed by atoms with van der Waals surface area (Å²) in [5.74, 6) is 2.18. The molecule has 0 saturated heterocycles. The van der Waals surface area contributed by atoms with E-state index in [0.717, 1.165) is 11.3 Å². The molecule has 1 N–H and O–H groups in total. The van der Waals surface area contributed by atoms with E-state index in [4.69, 9.17) is 9.26 Å². The number of rotatable bonds is 7. The van der Waals surface area contributed by atoms with Gasteiger partial charge in [-0.05, 0) is 33.9 Å². The lowest BCUT2D eigenvalue weighted by Gasteiger charge is -2.05. The third kappa shape index (κ3) is 4.17. The molecule has 0 spiro atoms. The van der Waals surface area contributed by atoms with Crippen molar-refractivity contribution in [3.05, 3.63) is 29.8 Å². The summed E-state index contributed by atoms with van der Waals surface area (Å²) < 4.78 is 12.4. The fourth-order valence-electron chi connectivity index (χ4n) is 2.32. The number of hydrogen-bond donors (Lipinski definition) is 1. The van der Waals surface area contributed by atoms with Crippen LogP contribution < -0.4 is 10.1 Å². The van der Waals surface area contributed by atoms with Gasteiger partial charge in [-0.15, -0.1) is 22.6 Å². The van der Waals surface area contributed by atoms with Gasteiger partial charge in [0.1, 0.15) is 0 Å². The molecule has 1 atom stereocenters. The van der Waals surface area contributed by atoms with Gasteiger partial charge in [0, 0.05) is 18.5 Å². The van der Waals surface area contributed by atoms with Crippen LogP contribution >= 0.6 is 12.4 Å². The van der Waals surface area contributed by atoms with Crippen LogP contribution in [-0.2, 0) is 6.42 Å². The topological polar surface area (TPSA) is 104 Å². The molecule has 0 bridgehead atoms. The van der Waals surface area contributed by atoms with Gasteiger partial charge in [0.2, 0.25) is 5.88 Å². The lowest BCUT2D eigenvalue weighted by atomic mass is 10.2. The number of hydrogen-bond acceptors (Lipinski definition) is 8. The molecule has 0 amide bonds. The van der Waals surface area contributed by atoms with Crippen molar-refractivity contribution in [2.24, 2.45) is 0 Å². The third-order valence-corrected chi connectivity index (χ3v) is 3.83. The van der Waals surface area contributed by atoms with E-state index in [1.807, 2.05) is 20.9 Å². The predicted molar refractivity (Wildman–Crippen MR) is 97.8 cm³/mol. The van der Waals surface area contributed by atoms with Gasteiger partial charge in [-0.25, -0.2) is 4.68 Å². The summed E-state index contributed by atoms with van der Waals surface area (Å²) in [6.07, 6.45) is 2.38. The number of likely N-dealkylation sites (N-methyl/N-ethyl adjacent to an activating group) is 1. The second-order valence-corrected chi connectivity index (χ2v) is 5.63. The second kappa shape index (κ2) is 8.72. The van der Waals surface area contributed by atoms with Gasteiger partial charge in [-0.3, -0.25) is 0 Å². The van der Waals surface area contributed by atoms with Gasteiger partial charge in [0.25, 0.3) is 5.89 Å². The van der Waals surface area contributed by atoms with Crippen molar-refractivity contribution in [3.8, 4) is 23.2 Å². The van der Waals surface area contributed by atoms with Crippen LogP contribution in [0.15, 0.2) is 22.9 Å². The van der Waals surface area contributed by atoms with Gasteiger partial charge in [-0.2, -0.15) is 10.1 Å². The first-order valence-corrected chi connectivity index (χ1v) is 8.14. The SMILES string of the molecule is CCOc1ccc(-n2ncc(-c3nc(CC(C)NC)no3)c2C)nn1.Cl. The fraction of sp³-hybridized carbons (Fsp3) is 0.438. The Hall–Kier alpha value is -2.52. The van der Waals surface area contributed by atoms with E-state index in [2.05, 4.69) is 37.7 Å². The Balaban J connectivity index is 0.00000243. The third-order valence-electron chi connectivity index (χ3n) is 3.83. The molecule has 0 aromatic carbocycles. The number of nitrogens with one attached hydrogen (secondary N) is 1. The highest BCUT2D eigenvalue weighted by molar-refractivity contribution is 5.85. The normalized spacial score (nSPS) is 11.8. The molecule has 3 aromatic rings. The average molecular weight is 380 g/mol. The van der Waals surface area contributed by atoms with Gasteiger partial charge in [0.05, 0.1) is 24.1 Å². The molecular formula is C16H22ClN7O2. The van der Waals surface area contributed by atoms with Crippen LogP contribution in [0, 0.1) is 6.92 Å². The molecule has 3 heterocycles. The maximum Gasteiger partial charge on any atom is 0.261 e. The first-order chi connectivity index (χ1) is 12.1. The van der Waals surface area contributed by atoms with Gasteiger partial charge < -0.3 is 14.6 Å². The molecule has 0 fully saturated rings. The van der Waals surface area contributed by atoms with Crippen molar-refractivity contribution < 1.29 is 9.26 Å². The number of ether oxygens (including phenoxy) is 1. The van der Waals surface area contributed by atoms with Crippen LogP contribution in [0.2, 0.25) is 0 Å². The van der Waals surface area contributed by atoms with Crippen LogP contribution in [0.25, 0.3) is 17.3 Å². The number of halogens is 1. The van der Waals surface area contributed by atoms with E-state index in [-0.39, 0.29) is 18.4 Å². The Morgan fingerprint density at radius 2 is 2.12 bits per heavy atom. The molecular weight excluding hydrogens is 358 g/mol. The summed E-state index contributed by atoms with van der Waals surface area (Å²) >= 11 is 0. The fourth-order valence-corrected chi connectivity index (χ4v) is 2.32. The summed E-state index contributed by atoms with van der Waals surface area (Å²) in [6, 6.07) is 3.83. The Bertz CT molecular complexity index is 831. The summed E-state index contributed by atoms with van der Waals surface area (Å²) in [5.41, 5.74) is 1.61. The Labute approximate surface area is 157 Å². The van der Waals surface area contributed by atoms with Gasteiger partial charge >= 0.3 is 0 Å². The van der Waals surface area contributed by atoms with Crippen LogP contribution in [0.3, 0.4) is 0 Å². The maximum atomic E-state index is 5.38. The molecule has 3 aromatic heterocycles. The lowest BCUT2D eigenvalue weighted by Crippen LogP contribution is -2.24. The quantitative estimate of drug-likeness (QED) is 0.664. The monoisotopic (exact) mass is 379 g/mol. The van der Waals surface area contributed by atoms with Crippen molar-refractivity contribution in [1.82, 2.24) is 35.4 Å². The van der Waals surface area contributed by atoms with Gasteiger partial charge in [0.15, 0.2) is 11.6 Å². The largest absolute Gasteiger partial charge is 0.477 e. The van der Waals surface area contributed by atoms with Crippen molar-refractivity contribution in [1.29, 1.82) is 0 Å². The molecule has 10 heteroatoms. The molecule has 0 aliphatic rings. The molecule has 140 valence electrons. The molecule has 0 aliphatic heterocycles. The highest BCUT2D eigenvalue weighted by Gasteiger charge is 2.17.